The minimum absolute atomic E-state index is 0.327. The zero-order valence-electron chi connectivity index (χ0n) is 11.3. The van der Waals surface area contributed by atoms with Crippen LogP contribution >= 0.6 is 0 Å². The van der Waals surface area contributed by atoms with E-state index in [2.05, 4.69) is 0 Å². The van der Waals surface area contributed by atoms with E-state index in [0.29, 0.717) is 6.61 Å². The maximum atomic E-state index is 11.2. The van der Waals surface area contributed by atoms with Crippen molar-refractivity contribution in [1.82, 2.24) is 0 Å². The van der Waals surface area contributed by atoms with Crippen LogP contribution in [0.15, 0.2) is 60.7 Å². The average Bonchev–Trinajstić information content (AvgIpc) is 2.49. The summed E-state index contributed by atoms with van der Waals surface area (Å²) in [7, 11) is 0. The molecule has 0 aliphatic rings. The molecule has 0 aliphatic carbocycles. The number of para-hydroxylation sites is 1. The standard InChI is InChI=1S/C16H17NO3/c1-13(16(18)19)17(15-10-6-3-7-11-15)20-12-14-8-4-2-5-9-14/h2-11,13H,12H2,1H3,(H,18,19)/t13-/m0/s1. The highest BCUT2D eigenvalue weighted by Gasteiger charge is 2.22. The van der Waals surface area contributed by atoms with Gasteiger partial charge in [-0.1, -0.05) is 48.5 Å². The molecule has 1 atom stereocenters. The van der Waals surface area contributed by atoms with Crippen molar-refractivity contribution in [2.45, 2.75) is 19.6 Å². The Labute approximate surface area is 118 Å². The van der Waals surface area contributed by atoms with Gasteiger partial charge in [-0.2, -0.15) is 0 Å². The summed E-state index contributed by atoms with van der Waals surface area (Å²) < 4.78 is 0. The van der Waals surface area contributed by atoms with Crippen molar-refractivity contribution >= 4 is 11.7 Å². The molecule has 2 rings (SSSR count). The first-order chi connectivity index (χ1) is 9.68. The van der Waals surface area contributed by atoms with Gasteiger partial charge >= 0.3 is 5.97 Å². The molecule has 0 saturated carbocycles. The second-order valence-electron chi connectivity index (χ2n) is 4.43. The van der Waals surface area contributed by atoms with Crippen molar-refractivity contribution < 1.29 is 14.7 Å². The van der Waals surface area contributed by atoms with E-state index in [0.717, 1.165) is 11.3 Å². The lowest BCUT2D eigenvalue weighted by Gasteiger charge is -2.27. The quantitative estimate of drug-likeness (QED) is 0.820. The van der Waals surface area contributed by atoms with Crippen molar-refractivity contribution in [3.8, 4) is 0 Å². The molecule has 20 heavy (non-hydrogen) atoms. The number of anilines is 1. The van der Waals surface area contributed by atoms with Gasteiger partial charge in [0, 0.05) is 0 Å². The van der Waals surface area contributed by atoms with E-state index in [-0.39, 0.29) is 0 Å². The molecule has 4 nitrogen and oxygen atoms in total. The Morgan fingerprint density at radius 3 is 2.20 bits per heavy atom. The van der Waals surface area contributed by atoms with Crippen LogP contribution < -0.4 is 5.06 Å². The number of carboxylic acid groups (broad SMARTS) is 1. The van der Waals surface area contributed by atoms with Gasteiger partial charge in [-0.3, -0.25) is 4.84 Å². The first kappa shape index (κ1) is 14.1. The van der Waals surface area contributed by atoms with Gasteiger partial charge in [0.15, 0.2) is 6.04 Å². The minimum atomic E-state index is -0.929. The van der Waals surface area contributed by atoms with Gasteiger partial charge in [0.05, 0.1) is 12.3 Å². The van der Waals surface area contributed by atoms with E-state index >= 15 is 0 Å². The smallest absolute Gasteiger partial charge is 0.328 e. The Morgan fingerprint density at radius 1 is 1.10 bits per heavy atom. The number of rotatable bonds is 6. The highest BCUT2D eigenvalue weighted by atomic mass is 16.7. The summed E-state index contributed by atoms with van der Waals surface area (Å²) >= 11 is 0. The molecular weight excluding hydrogens is 254 g/mol. The number of aliphatic carboxylic acids is 1. The van der Waals surface area contributed by atoms with Crippen LogP contribution in [0.3, 0.4) is 0 Å². The van der Waals surface area contributed by atoms with Crippen LogP contribution in [-0.4, -0.2) is 17.1 Å². The predicted molar refractivity (Wildman–Crippen MR) is 77.2 cm³/mol. The Bertz CT molecular complexity index is 542. The molecule has 0 amide bonds. The fourth-order valence-electron chi connectivity index (χ4n) is 1.80. The SMILES string of the molecule is C[C@@H](C(=O)O)N(OCc1ccccc1)c1ccccc1. The molecule has 0 spiro atoms. The minimum Gasteiger partial charge on any atom is -0.480 e. The molecule has 0 bridgehead atoms. The number of hydrogen-bond donors (Lipinski definition) is 1. The third-order valence-electron chi connectivity index (χ3n) is 2.93. The van der Waals surface area contributed by atoms with Crippen LogP contribution in [0.25, 0.3) is 0 Å². The molecule has 104 valence electrons. The summed E-state index contributed by atoms with van der Waals surface area (Å²) in [6.07, 6.45) is 0. The van der Waals surface area contributed by atoms with Gasteiger partial charge in [0.1, 0.15) is 0 Å². The van der Waals surface area contributed by atoms with Crippen molar-refractivity contribution in [2.24, 2.45) is 0 Å². The topological polar surface area (TPSA) is 49.8 Å². The maximum Gasteiger partial charge on any atom is 0.328 e. The van der Waals surface area contributed by atoms with Gasteiger partial charge in [-0.05, 0) is 24.6 Å². The highest BCUT2D eigenvalue weighted by molar-refractivity contribution is 5.76. The van der Waals surface area contributed by atoms with E-state index in [1.165, 1.54) is 5.06 Å². The Hall–Kier alpha value is -2.33. The van der Waals surface area contributed by atoms with Crippen LogP contribution in [0.5, 0.6) is 0 Å². The first-order valence-corrected chi connectivity index (χ1v) is 6.42. The lowest BCUT2D eigenvalue weighted by molar-refractivity contribution is -0.140. The zero-order chi connectivity index (χ0) is 14.4. The van der Waals surface area contributed by atoms with E-state index < -0.39 is 12.0 Å². The van der Waals surface area contributed by atoms with Crippen molar-refractivity contribution in [3.05, 3.63) is 66.2 Å². The molecule has 0 fully saturated rings. The van der Waals surface area contributed by atoms with Crippen LogP contribution in [-0.2, 0) is 16.2 Å². The maximum absolute atomic E-state index is 11.2. The Morgan fingerprint density at radius 2 is 1.65 bits per heavy atom. The van der Waals surface area contributed by atoms with Gasteiger partial charge in [0.25, 0.3) is 0 Å². The molecular formula is C16H17NO3. The molecule has 0 radical (unpaired) electrons. The van der Waals surface area contributed by atoms with E-state index in [1.54, 1.807) is 6.92 Å². The lowest BCUT2D eigenvalue weighted by atomic mass is 10.2. The largest absolute Gasteiger partial charge is 0.480 e. The summed E-state index contributed by atoms with van der Waals surface area (Å²) in [6.45, 7) is 1.92. The van der Waals surface area contributed by atoms with Gasteiger partial charge in [0.2, 0.25) is 0 Å². The zero-order valence-corrected chi connectivity index (χ0v) is 11.3. The second-order valence-corrected chi connectivity index (χ2v) is 4.43. The van der Waals surface area contributed by atoms with Crippen LogP contribution in [0.2, 0.25) is 0 Å². The monoisotopic (exact) mass is 271 g/mol. The number of hydrogen-bond acceptors (Lipinski definition) is 3. The second kappa shape index (κ2) is 6.73. The average molecular weight is 271 g/mol. The number of benzene rings is 2. The highest BCUT2D eigenvalue weighted by Crippen LogP contribution is 2.18. The predicted octanol–water partition coefficient (Wildman–Crippen LogP) is 3.10. The summed E-state index contributed by atoms with van der Waals surface area (Å²) in [4.78, 5) is 16.9. The van der Waals surface area contributed by atoms with Crippen LogP contribution in [0.1, 0.15) is 12.5 Å². The van der Waals surface area contributed by atoms with E-state index in [9.17, 15) is 9.90 Å². The third-order valence-corrected chi connectivity index (χ3v) is 2.93. The fourth-order valence-corrected chi connectivity index (χ4v) is 1.80. The molecule has 1 N–H and O–H groups in total. The summed E-state index contributed by atoms with van der Waals surface area (Å²) in [5, 5.41) is 10.6. The first-order valence-electron chi connectivity index (χ1n) is 6.42. The molecule has 0 aliphatic heterocycles. The van der Waals surface area contributed by atoms with Crippen molar-refractivity contribution in [1.29, 1.82) is 0 Å². The van der Waals surface area contributed by atoms with Crippen molar-refractivity contribution in [3.63, 3.8) is 0 Å². The van der Waals surface area contributed by atoms with E-state index in [1.807, 2.05) is 60.7 Å². The lowest BCUT2D eigenvalue weighted by Crippen LogP contribution is -2.39. The molecule has 4 heteroatoms. The number of hydroxylamine groups is 1. The molecule has 0 unspecified atom stereocenters. The normalized spacial score (nSPS) is 11.8. The number of carboxylic acids is 1. The Balaban J connectivity index is 2.13. The Kier molecular flexibility index (Phi) is 4.74. The van der Waals surface area contributed by atoms with Crippen molar-refractivity contribution in [2.75, 3.05) is 5.06 Å². The molecule has 2 aromatic rings. The van der Waals surface area contributed by atoms with Gasteiger partial charge in [-0.15, -0.1) is 0 Å². The fraction of sp³-hybridized carbons (Fsp3) is 0.188. The third kappa shape index (κ3) is 3.59. The molecule has 0 saturated heterocycles. The van der Waals surface area contributed by atoms with Gasteiger partial charge < -0.3 is 5.11 Å². The van der Waals surface area contributed by atoms with Gasteiger partial charge in [-0.25, -0.2) is 9.86 Å². The molecule has 0 aromatic heterocycles. The van der Waals surface area contributed by atoms with E-state index in [4.69, 9.17) is 4.84 Å². The summed E-state index contributed by atoms with van der Waals surface area (Å²) in [5.41, 5.74) is 1.71. The molecule has 2 aromatic carbocycles. The summed E-state index contributed by atoms with van der Waals surface area (Å²) in [6, 6.07) is 18.1. The van der Waals surface area contributed by atoms with Crippen LogP contribution in [0.4, 0.5) is 5.69 Å². The number of carbonyl (C=O) groups is 1. The molecule has 0 heterocycles. The number of nitrogens with zero attached hydrogens (tertiary/aromatic N) is 1. The summed E-state index contributed by atoms with van der Waals surface area (Å²) in [5.74, 6) is -0.929. The van der Waals surface area contributed by atoms with Crippen LogP contribution in [0, 0.1) is 0 Å².